The molecular formula is C23H28IN3O6. The van der Waals surface area contributed by atoms with E-state index in [1.165, 1.54) is 9.13 Å². The van der Waals surface area contributed by atoms with E-state index in [1.54, 1.807) is 0 Å². The number of carboxylic acid groups (broad SMARTS) is 1. The van der Waals surface area contributed by atoms with Crippen LogP contribution in [0.5, 0.6) is 0 Å². The number of carbonyl (C=O) groups excluding carboxylic acids is 4. The van der Waals surface area contributed by atoms with Gasteiger partial charge in [0.1, 0.15) is 6.04 Å². The van der Waals surface area contributed by atoms with Crippen molar-refractivity contribution < 1.29 is 29.1 Å². The second-order valence-corrected chi connectivity index (χ2v) is 8.94. The van der Waals surface area contributed by atoms with Gasteiger partial charge in [-0.2, -0.15) is 0 Å². The van der Waals surface area contributed by atoms with E-state index in [9.17, 15) is 29.1 Å². The van der Waals surface area contributed by atoms with Crippen molar-refractivity contribution >= 4 is 52.2 Å². The van der Waals surface area contributed by atoms with Crippen molar-refractivity contribution in [2.45, 2.75) is 51.0 Å². The maximum absolute atomic E-state index is 12.0. The van der Waals surface area contributed by atoms with Crippen LogP contribution in [0.15, 0.2) is 36.4 Å². The molecule has 0 saturated heterocycles. The van der Waals surface area contributed by atoms with E-state index in [0.29, 0.717) is 25.8 Å². The Morgan fingerprint density at radius 3 is 2.24 bits per heavy atom. The van der Waals surface area contributed by atoms with E-state index in [1.807, 2.05) is 12.1 Å². The number of hydrogen-bond donors (Lipinski definition) is 3. The van der Waals surface area contributed by atoms with Crippen LogP contribution >= 0.6 is 22.6 Å². The van der Waals surface area contributed by atoms with Crippen LogP contribution < -0.4 is 10.6 Å². The molecule has 1 heterocycles. The maximum atomic E-state index is 12.0. The van der Waals surface area contributed by atoms with E-state index >= 15 is 0 Å². The topological polar surface area (TPSA) is 133 Å². The number of aliphatic carboxylic acids is 1. The number of hydrogen-bond acceptors (Lipinski definition) is 5. The minimum absolute atomic E-state index is 0.0379. The summed E-state index contributed by atoms with van der Waals surface area (Å²) < 4.78 is 1.17. The van der Waals surface area contributed by atoms with Crippen molar-refractivity contribution in [2.24, 2.45) is 0 Å². The summed E-state index contributed by atoms with van der Waals surface area (Å²) >= 11 is 2.25. The Bertz CT molecular complexity index is 882. The largest absolute Gasteiger partial charge is 0.480 e. The maximum Gasteiger partial charge on any atom is 0.326 e. The number of halogens is 1. The first kappa shape index (κ1) is 26.5. The number of amides is 4. The fourth-order valence-electron chi connectivity index (χ4n) is 3.28. The zero-order chi connectivity index (χ0) is 24.2. The van der Waals surface area contributed by atoms with Crippen LogP contribution in [0.3, 0.4) is 0 Å². The predicted molar refractivity (Wildman–Crippen MR) is 129 cm³/mol. The molecule has 0 aliphatic carbocycles. The number of nitrogens with zero attached hydrogens (tertiary/aromatic N) is 1. The Balaban J connectivity index is 1.57. The number of imide groups is 1. The fraction of sp³-hybridized carbons (Fsp3) is 0.435. The summed E-state index contributed by atoms with van der Waals surface area (Å²) in [4.78, 5) is 59.3. The first-order chi connectivity index (χ1) is 15.8. The third-order valence-electron chi connectivity index (χ3n) is 5.12. The van der Waals surface area contributed by atoms with Crippen molar-refractivity contribution in [1.29, 1.82) is 0 Å². The van der Waals surface area contributed by atoms with Crippen LogP contribution in [-0.4, -0.2) is 58.7 Å². The van der Waals surface area contributed by atoms with Gasteiger partial charge in [0, 0.05) is 41.7 Å². The molecule has 0 fully saturated rings. The summed E-state index contributed by atoms with van der Waals surface area (Å²) in [6.07, 6.45) is 5.42. The molecule has 10 heteroatoms. The van der Waals surface area contributed by atoms with Gasteiger partial charge in [-0.15, -0.1) is 0 Å². The SMILES string of the molecule is O=C(CCCc1ccc(I)cc1)NCCCCC(NC(=O)CCN1C(=O)C=CC1=O)C(=O)O. The Morgan fingerprint density at radius 2 is 1.61 bits per heavy atom. The highest BCUT2D eigenvalue weighted by Gasteiger charge is 2.25. The molecule has 1 aromatic carbocycles. The van der Waals surface area contributed by atoms with Gasteiger partial charge < -0.3 is 15.7 Å². The number of rotatable bonds is 14. The standard InChI is InChI=1S/C23H28IN3O6/c24-17-9-7-16(8-10-17)4-3-6-19(28)25-14-2-1-5-18(23(32)33)26-20(29)13-15-27-21(30)11-12-22(27)31/h7-12,18H,1-6,13-15H2,(H,25,28)(H,26,29)(H,32,33). The van der Waals surface area contributed by atoms with Gasteiger partial charge >= 0.3 is 5.97 Å². The molecule has 178 valence electrons. The van der Waals surface area contributed by atoms with Gasteiger partial charge in [-0.25, -0.2) is 4.79 Å². The number of carbonyl (C=O) groups is 5. The van der Waals surface area contributed by atoms with Gasteiger partial charge in [-0.05, 0) is 72.4 Å². The lowest BCUT2D eigenvalue weighted by Gasteiger charge is -2.17. The monoisotopic (exact) mass is 569 g/mol. The minimum Gasteiger partial charge on any atom is -0.480 e. The predicted octanol–water partition coefficient (Wildman–Crippen LogP) is 1.78. The molecule has 1 atom stereocenters. The molecule has 3 N–H and O–H groups in total. The average Bonchev–Trinajstić information content (AvgIpc) is 3.09. The summed E-state index contributed by atoms with van der Waals surface area (Å²) in [7, 11) is 0. The lowest BCUT2D eigenvalue weighted by molar-refractivity contribution is -0.143. The molecular weight excluding hydrogens is 541 g/mol. The molecule has 4 amide bonds. The van der Waals surface area contributed by atoms with E-state index < -0.39 is 29.7 Å². The summed E-state index contributed by atoms with van der Waals surface area (Å²) in [6.45, 7) is 0.341. The Morgan fingerprint density at radius 1 is 0.939 bits per heavy atom. The Labute approximate surface area is 206 Å². The van der Waals surface area contributed by atoms with Crippen LogP contribution in [0.25, 0.3) is 0 Å². The smallest absolute Gasteiger partial charge is 0.326 e. The van der Waals surface area contributed by atoms with Gasteiger partial charge in [0.05, 0.1) is 0 Å². The number of nitrogens with one attached hydrogen (secondary N) is 2. The van der Waals surface area contributed by atoms with E-state index in [0.717, 1.165) is 29.9 Å². The van der Waals surface area contributed by atoms with Gasteiger partial charge in [0.15, 0.2) is 0 Å². The second-order valence-electron chi connectivity index (χ2n) is 7.70. The molecule has 0 radical (unpaired) electrons. The van der Waals surface area contributed by atoms with Crippen LogP contribution in [0.4, 0.5) is 0 Å². The van der Waals surface area contributed by atoms with Gasteiger partial charge in [-0.3, -0.25) is 24.1 Å². The quantitative estimate of drug-likeness (QED) is 0.178. The normalized spacial score (nSPS) is 13.8. The van der Waals surface area contributed by atoms with E-state index in [2.05, 4.69) is 45.4 Å². The van der Waals surface area contributed by atoms with Crippen molar-refractivity contribution in [1.82, 2.24) is 15.5 Å². The summed E-state index contributed by atoms with van der Waals surface area (Å²) in [5.41, 5.74) is 1.19. The Hall–Kier alpha value is -2.76. The Kier molecular flexibility index (Phi) is 11.0. The second kappa shape index (κ2) is 13.7. The van der Waals surface area contributed by atoms with Crippen molar-refractivity contribution in [3.05, 3.63) is 45.6 Å². The molecule has 0 saturated carbocycles. The lowest BCUT2D eigenvalue weighted by Crippen LogP contribution is -2.42. The average molecular weight is 569 g/mol. The third-order valence-corrected chi connectivity index (χ3v) is 5.84. The molecule has 1 aromatic rings. The summed E-state index contributed by atoms with van der Waals surface area (Å²) in [5, 5.41) is 14.6. The highest BCUT2D eigenvalue weighted by Crippen LogP contribution is 2.10. The molecule has 2 rings (SSSR count). The number of unbranched alkanes of at least 4 members (excludes halogenated alkanes) is 1. The zero-order valence-electron chi connectivity index (χ0n) is 18.2. The van der Waals surface area contributed by atoms with Gasteiger partial charge in [-0.1, -0.05) is 12.1 Å². The molecule has 0 bridgehead atoms. The fourth-order valence-corrected chi connectivity index (χ4v) is 3.64. The molecule has 0 aromatic heterocycles. The number of benzene rings is 1. The van der Waals surface area contributed by atoms with Crippen LogP contribution in [-0.2, 0) is 30.4 Å². The molecule has 1 unspecified atom stereocenters. The minimum atomic E-state index is -1.15. The third kappa shape index (κ3) is 9.72. The zero-order valence-corrected chi connectivity index (χ0v) is 20.4. The van der Waals surface area contributed by atoms with E-state index in [4.69, 9.17) is 0 Å². The first-order valence-electron chi connectivity index (χ1n) is 10.8. The highest BCUT2D eigenvalue weighted by atomic mass is 127. The van der Waals surface area contributed by atoms with Crippen molar-refractivity contribution in [2.75, 3.05) is 13.1 Å². The summed E-state index contributed by atoms with van der Waals surface area (Å²) in [6, 6.07) is 7.12. The van der Waals surface area contributed by atoms with Gasteiger partial charge in [0.2, 0.25) is 11.8 Å². The molecule has 1 aliphatic heterocycles. The van der Waals surface area contributed by atoms with Crippen molar-refractivity contribution in [3.63, 3.8) is 0 Å². The highest BCUT2D eigenvalue weighted by molar-refractivity contribution is 14.1. The summed E-state index contributed by atoms with van der Waals surface area (Å²) in [5.74, 6) is -2.71. The molecule has 1 aliphatic rings. The van der Waals surface area contributed by atoms with Crippen LogP contribution in [0, 0.1) is 3.57 Å². The van der Waals surface area contributed by atoms with Crippen LogP contribution in [0.2, 0.25) is 0 Å². The number of carboxylic acids is 1. The molecule has 0 spiro atoms. The van der Waals surface area contributed by atoms with Crippen LogP contribution in [0.1, 0.15) is 44.1 Å². The molecule has 33 heavy (non-hydrogen) atoms. The lowest BCUT2D eigenvalue weighted by atomic mass is 10.1. The molecule has 9 nitrogen and oxygen atoms in total. The van der Waals surface area contributed by atoms with Gasteiger partial charge in [0.25, 0.3) is 11.8 Å². The van der Waals surface area contributed by atoms with E-state index in [-0.39, 0.29) is 25.3 Å². The number of aryl methyl sites for hydroxylation is 1. The first-order valence-corrected chi connectivity index (χ1v) is 11.9. The van der Waals surface area contributed by atoms with Crippen molar-refractivity contribution in [3.8, 4) is 0 Å².